The monoisotopic (exact) mass is 202 g/mol. The minimum atomic E-state index is 0.168. The minimum absolute atomic E-state index is 0.168. The summed E-state index contributed by atoms with van der Waals surface area (Å²) in [6.07, 6.45) is 2.94. The zero-order chi connectivity index (χ0) is 10.4. The Morgan fingerprint density at radius 1 is 1.33 bits per heavy atom. The number of anilines is 1. The van der Waals surface area contributed by atoms with E-state index < -0.39 is 0 Å². The molecule has 0 saturated carbocycles. The van der Waals surface area contributed by atoms with Crippen LogP contribution in [0.15, 0.2) is 18.2 Å². The van der Waals surface area contributed by atoms with Gasteiger partial charge in [-0.15, -0.1) is 0 Å². The zero-order valence-electron chi connectivity index (χ0n) is 8.79. The fourth-order valence-electron chi connectivity index (χ4n) is 2.23. The van der Waals surface area contributed by atoms with Crippen LogP contribution in [0.25, 0.3) is 0 Å². The molecule has 1 atom stereocenters. The van der Waals surface area contributed by atoms with E-state index in [9.17, 15) is 4.79 Å². The molecule has 0 aromatic heterocycles. The van der Waals surface area contributed by atoms with E-state index in [-0.39, 0.29) is 11.9 Å². The normalized spacial score (nSPS) is 23.9. The van der Waals surface area contributed by atoms with E-state index >= 15 is 0 Å². The maximum atomic E-state index is 11.7. The first-order chi connectivity index (χ1) is 7.24. The van der Waals surface area contributed by atoms with Gasteiger partial charge in [-0.2, -0.15) is 0 Å². The highest BCUT2D eigenvalue weighted by atomic mass is 16.2. The average molecular weight is 202 g/mol. The molecule has 3 nitrogen and oxygen atoms in total. The summed E-state index contributed by atoms with van der Waals surface area (Å²) in [6, 6.07) is 6.54. The van der Waals surface area contributed by atoms with Gasteiger partial charge in [-0.05, 0) is 43.0 Å². The summed E-state index contributed by atoms with van der Waals surface area (Å²) in [5.41, 5.74) is 6.98. The molecule has 1 fully saturated rings. The van der Waals surface area contributed by atoms with Gasteiger partial charge in [0.2, 0.25) is 5.91 Å². The van der Waals surface area contributed by atoms with Crippen molar-refractivity contribution in [1.29, 1.82) is 0 Å². The third-order valence-corrected chi connectivity index (χ3v) is 3.19. The maximum absolute atomic E-state index is 11.7. The molecule has 1 heterocycles. The van der Waals surface area contributed by atoms with Crippen molar-refractivity contribution in [2.24, 2.45) is 0 Å². The molecule has 15 heavy (non-hydrogen) atoms. The van der Waals surface area contributed by atoms with Crippen molar-refractivity contribution >= 4 is 11.6 Å². The second-order valence-corrected chi connectivity index (χ2v) is 4.42. The molecule has 1 aromatic rings. The number of carbonyl (C=O) groups excluding carboxylic acids is 1. The Morgan fingerprint density at radius 3 is 2.67 bits per heavy atom. The smallest absolute Gasteiger partial charge is 0.242 e. The number of hydrogen-bond acceptors (Lipinski definition) is 2. The van der Waals surface area contributed by atoms with Gasteiger partial charge in [0.1, 0.15) is 0 Å². The Bertz CT molecular complexity index is 428. The van der Waals surface area contributed by atoms with Crippen molar-refractivity contribution in [2.75, 3.05) is 5.01 Å². The first-order valence-corrected chi connectivity index (χ1v) is 5.45. The predicted octanol–water partition coefficient (Wildman–Crippen LogP) is 1.41. The molecular formula is C12H14N2O. The van der Waals surface area contributed by atoms with Crippen LogP contribution in [0.2, 0.25) is 0 Å². The summed E-state index contributed by atoms with van der Waals surface area (Å²) in [5, 5.41) is 1.68. The zero-order valence-corrected chi connectivity index (χ0v) is 8.79. The summed E-state index contributed by atoms with van der Waals surface area (Å²) in [6.45, 7) is 2.03. The fraction of sp³-hybridized carbons (Fsp3) is 0.417. The van der Waals surface area contributed by atoms with Crippen molar-refractivity contribution in [2.45, 2.75) is 32.2 Å². The van der Waals surface area contributed by atoms with Crippen molar-refractivity contribution in [3.05, 3.63) is 29.3 Å². The number of benzene rings is 1. The van der Waals surface area contributed by atoms with Gasteiger partial charge in [0.25, 0.3) is 0 Å². The quantitative estimate of drug-likeness (QED) is 0.747. The standard InChI is InChI=1S/C12H14N2O/c1-8-6-12(15)14(13-8)11-5-4-9-2-3-10(9)7-11/h4-5,7-8,13H,2-3,6H2,1H3. The van der Waals surface area contributed by atoms with E-state index in [1.807, 2.05) is 13.0 Å². The molecule has 0 spiro atoms. The second-order valence-electron chi connectivity index (χ2n) is 4.42. The Morgan fingerprint density at radius 2 is 2.13 bits per heavy atom. The fourth-order valence-corrected chi connectivity index (χ4v) is 2.23. The molecule has 3 rings (SSSR count). The van der Waals surface area contributed by atoms with E-state index in [0.29, 0.717) is 6.42 Å². The highest BCUT2D eigenvalue weighted by Gasteiger charge is 2.28. The molecule has 3 heteroatoms. The maximum Gasteiger partial charge on any atom is 0.242 e. The highest BCUT2D eigenvalue weighted by molar-refractivity contribution is 5.95. The highest BCUT2D eigenvalue weighted by Crippen LogP contribution is 2.28. The predicted molar refractivity (Wildman–Crippen MR) is 58.6 cm³/mol. The second kappa shape index (κ2) is 3.07. The van der Waals surface area contributed by atoms with E-state index in [2.05, 4.69) is 17.6 Å². The third kappa shape index (κ3) is 1.35. The van der Waals surface area contributed by atoms with Gasteiger partial charge < -0.3 is 0 Å². The van der Waals surface area contributed by atoms with Gasteiger partial charge in [-0.1, -0.05) is 6.07 Å². The lowest BCUT2D eigenvalue weighted by Crippen LogP contribution is -2.36. The van der Waals surface area contributed by atoms with Crippen LogP contribution in [0.3, 0.4) is 0 Å². The van der Waals surface area contributed by atoms with Crippen LogP contribution in [0.1, 0.15) is 24.5 Å². The van der Waals surface area contributed by atoms with Gasteiger partial charge in [0.15, 0.2) is 0 Å². The van der Waals surface area contributed by atoms with Crippen LogP contribution in [-0.2, 0) is 17.6 Å². The first kappa shape index (κ1) is 8.92. The number of nitrogens with one attached hydrogen (secondary N) is 1. The summed E-state index contributed by atoms with van der Waals surface area (Å²) in [5.74, 6) is 0.168. The Balaban J connectivity index is 1.92. The Kier molecular flexibility index (Phi) is 1.83. The lowest BCUT2D eigenvalue weighted by atomic mass is 9.88. The number of hydrazine groups is 1. The van der Waals surface area contributed by atoms with Gasteiger partial charge in [-0.25, -0.2) is 10.4 Å². The number of amides is 1. The van der Waals surface area contributed by atoms with Crippen LogP contribution < -0.4 is 10.4 Å². The average Bonchev–Trinajstić information content (AvgIpc) is 2.48. The molecule has 1 amide bonds. The molecule has 0 radical (unpaired) electrons. The molecule has 1 N–H and O–H groups in total. The van der Waals surface area contributed by atoms with E-state index in [1.54, 1.807) is 5.01 Å². The van der Waals surface area contributed by atoms with Crippen molar-refractivity contribution in [3.8, 4) is 0 Å². The van der Waals surface area contributed by atoms with Crippen LogP contribution in [-0.4, -0.2) is 11.9 Å². The summed E-state index contributed by atoms with van der Waals surface area (Å²) < 4.78 is 0. The Labute approximate surface area is 89.1 Å². The number of rotatable bonds is 1. The summed E-state index contributed by atoms with van der Waals surface area (Å²) >= 11 is 0. The molecule has 1 aliphatic heterocycles. The minimum Gasteiger partial charge on any atom is -0.273 e. The van der Waals surface area contributed by atoms with Crippen LogP contribution >= 0.6 is 0 Å². The van der Waals surface area contributed by atoms with Gasteiger partial charge in [0, 0.05) is 12.5 Å². The van der Waals surface area contributed by atoms with Gasteiger partial charge in [-0.3, -0.25) is 4.79 Å². The van der Waals surface area contributed by atoms with E-state index in [0.717, 1.165) is 12.1 Å². The number of fused-ring (bicyclic) bond motifs is 1. The topological polar surface area (TPSA) is 32.3 Å². The number of hydrogen-bond donors (Lipinski definition) is 1. The number of carbonyl (C=O) groups is 1. The molecule has 1 aromatic carbocycles. The molecule has 2 aliphatic rings. The summed E-state index contributed by atoms with van der Waals surface area (Å²) in [7, 11) is 0. The molecule has 1 unspecified atom stereocenters. The van der Waals surface area contributed by atoms with Crippen molar-refractivity contribution in [3.63, 3.8) is 0 Å². The van der Waals surface area contributed by atoms with Crippen LogP contribution in [0.4, 0.5) is 5.69 Å². The van der Waals surface area contributed by atoms with Crippen LogP contribution in [0.5, 0.6) is 0 Å². The van der Waals surface area contributed by atoms with Crippen LogP contribution in [0, 0.1) is 0 Å². The molecule has 1 aliphatic carbocycles. The SMILES string of the molecule is CC1CC(=O)N(c2ccc3c(c2)CC3)N1. The third-order valence-electron chi connectivity index (χ3n) is 3.19. The molecule has 1 saturated heterocycles. The lowest BCUT2D eigenvalue weighted by Gasteiger charge is -2.23. The van der Waals surface area contributed by atoms with Crippen molar-refractivity contribution < 1.29 is 4.79 Å². The first-order valence-electron chi connectivity index (χ1n) is 5.45. The molecule has 78 valence electrons. The van der Waals surface area contributed by atoms with Gasteiger partial charge >= 0.3 is 0 Å². The summed E-state index contributed by atoms with van der Waals surface area (Å²) in [4.78, 5) is 11.7. The van der Waals surface area contributed by atoms with E-state index in [4.69, 9.17) is 0 Å². The lowest BCUT2D eigenvalue weighted by molar-refractivity contribution is -0.117. The van der Waals surface area contributed by atoms with Crippen molar-refractivity contribution in [1.82, 2.24) is 5.43 Å². The number of nitrogens with zero attached hydrogens (tertiary/aromatic N) is 1. The number of aryl methyl sites for hydroxylation is 2. The largest absolute Gasteiger partial charge is 0.273 e. The molecule has 0 bridgehead atoms. The van der Waals surface area contributed by atoms with Gasteiger partial charge in [0.05, 0.1) is 5.69 Å². The van der Waals surface area contributed by atoms with E-state index in [1.165, 1.54) is 17.5 Å². The Hall–Kier alpha value is -1.35. The molecular weight excluding hydrogens is 188 g/mol.